The summed E-state index contributed by atoms with van der Waals surface area (Å²) in [6, 6.07) is 3.79. The average molecular weight is 206 g/mol. The summed E-state index contributed by atoms with van der Waals surface area (Å²) < 4.78 is 6.94. The number of hydrogen-bond donors (Lipinski definition) is 1. The van der Waals surface area contributed by atoms with Gasteiger partial charge in [0, 0.05) is 19.5 Å². The summed E-state index contributed by atoms with van der Waals surface area (Å²) >= 11 is 0. The van der Waals surface area contributed by atoms with Crippen molar-refractivity contribution in [3.63, 3.8) is 0 Å². The smallest absolute Gasteiger partial charge is 0.103 e. The van der Waals surface area contributed by atoms with Crippen LogP contribution in [0.15, 0.2) is 29.0 Å². The first-order valence-electron chi connectivity index (χ1n) is 4.90. The van der Waals surface area contributed by atoms with Gasteiger partial charge in [-0.15, -0.1) is 5.10 Å². The first-order valence-corrected chi connectivity index (χ1v) is 4.90. The number of nitrogens with zero attached hydrogens (tertiary/aromatic N) is 3. The van der Waals surface area contributed by atoms with Gasteiger partial charge in [0.05, 0.1) is 18.2 Å². The molecule has 0 amide bonds. The molecule has 1 atom stereocenters. The van der Waals surface area contributed by atoms with E-state index in [9.17, 15) is 0 Å². The highest BCUT2D eigenvalue weighted by molar-refractivity contribution is 5.03. The van der Waals surface area contributed by atoms with E-state index in [1.54, 1.807) is 17.1 Å². The quantitative estimate of drug-likeness (QED) is 0.811. The monoisotopic (exact) mass is 206 g/mol. The summed E-state index contributed by atoms with van der Waals surface area (Å²) in [4.78, 5) is 0. The first-order chi connectivity index (χ1) is 7.27. The van der Waals surface area contributed by atoms with Crippen LogP contribution in [-0.4, -0.2) is 15.0 Å². The Morgan fingerprint density at radius 3 is 3.07 bits per heavy atom. The van der Waals surface area contributed by atoms with Gasteiger partial charge in [-0.2, -0.15) is 0 Å². The fourth-order valence-corrected chi connectivity index (χ4v) is 1.53. The summed E-state index contributed by atoms with van der Waals surface area (Å²) in [7, 11) is 1.84. The molecule has 2 aromatic rings. The van der Waals surface area contributed by atoms with Crippen LogP contribution in [0.5, 0.6) is 0 Å². The Balaban J connectivity index is 1.93. The number of furan rings is 1. The molecule has 0 aromatic carbocycles. The molecule has 0 saturated heterocycles. The summed E-state index contributed by atoms with van der Waals surface area (Å²) in [5.41, 5.74) is 6.96. The zero-order chi connectivity index (χ0) is 10.7. The molecule has 0 saturated carbocycles. The first kappa shape index (κ1) is 9.92. The van der Waals surface area contributed by atoms with E-state index in [2.05, 4.69) is 10.3 Å². The van der Waals surface area contributed by atoms with Gasteiger partial charge in [-0.25, -0.2) is 0 Å². The minimum Gasteiger partial charge on any atom is -0.469 e. The second kappa shape index (κ2) is 4.27. The van der Waals surface area contributed by atoms with Gasteiger partial charge < -0.3 is 10.2 Å². The minimum absolute atomic E-state index is 0.0462. The molecule has 5 nitrogen and oxygen atoms in total. The lowest BCUT2D eigenvalue weighted by Gasteiger charge is -2.09. The number of hydrogen-bond acceptors (Lipinski definition) is 4. The van der Waals surface area contributed by atoms with Crippen molar-refractivity contribution >= 4 is 0 Å². The van der Waals surface area contributed by atoms with Crippen LogP contribution in [0.1, 0.15) is 23.9 Å². The van der Waals surface area contributed by atoms with E-state index in [0.29, 0.717) is 0 Å². The van der Waals surface area contributed by atoms with E-state index >= 15 is 0 Å². The standard InChI is InChI=1S/C10H14N4O/c1-14-10(7-12-13-14)9(11)5-4-8-3-2-6-15-8/h2-3,6-7,9H,4-5,11H2,1H3. The molecule has 1 unspecified atom stereocenters. The number of aryl methyl sites for hydroxylation is 2. The normalized spacial score (nSPS) is 12.9. The third kappa shape index (κ3) is 2.24. The Morgan fingerprint density at radius 1 is 1.60 bits per heavy atom. The molecule has 2 heterocycles. The summed E-state index contributed by atoms with van der Waals surface area (Å²) in [5, 5.41) is 7.64. The second-order valence-corrected chi connectivity index (χ2v) is 3.51. The Bertz CT molecular complexity index is 407. The van der Waals surface area contributed by atoms with E-state index in [4.69, 9.17) is 10.2 Å². The zero-order valence-electron chi connectivity index (χ0n) is 8.63. The maximum absolute atomic E-state index is 6.01. The maximum atomic E-state index is 6.01. The van der Waals surface area contributed by atoms with Gasteiger partial charge in [0.2, 0.25) is 0 Å². The molecular weight excluding hydrogens is 192 g/mol. The van der Waals surface area contributed by atoms with Crippen molar-refractivity contribution in [3.8, 4) is 0 Å². The molecule has 0 aliphatic carbocycles. The van der Waals surface area contributed by atoms with Crippen LogP contribution in [0, 0.1) is 0 Å². The number of nitrogens with two attached hydrogens (primary N) is 1. The third-order valence-corrected chi connectivity index (χ3v) is 2.41. The van der Waals surface area contributed by atoms with Crippen LogP contribution in [0.4, 0.5) is 0 Å². The highest BCUT2D eigenvalue weighted by Gasteiger charge is 2.11. The molecule has 0 bridgehead atoms. The van der Waals surface area contributed by atoms with Crippen LogP contribution < -0.4 is 5.73 Å². The van der Waals surface area contributed by atoms with Crippen molar-refractivity contribution in [2.75, 3.05) is 0 Å². The average Bonchev–Trinajstić information content (AvgIpc) is 2.84. The van der Waals surface area contributed by atoms with Gasteiger partial charge in [0.25, 0.3) is 0 Å². The molecule has 0 fully saturated rings. The van der Waals surface area contributed by atoms with E-state index in [1.807, 2.05) is 19.2 Å². The van der Waals surface area contributed by atoms with Crippen molar-refractivity contribution in [1.29, 1.82) is 0 Å². The lowest BCUT2D eigenvalue weighted by Crippen LogP contribution is -2.15. The van der Waals surface area contributed by atoms with E-state index in [0.717, 1.165) is 24.3 Å². The molecule has 0 spiro atoms. The maximum Gasteiger partial charge on any atom is 0.103 e. The molecule has 0 aliphatic heterocycles. The van der Waals surface area contributed by atoms with Gasteiger partial charge in [0.1, 0.15) is 5.76 Å². The Morgan fingerprint density at radius 2 is 2.47 bits per heavy atom. The fourth-order valence-electron chi connectivity index (χ4n) is 1.53. The molecule has 2 aromatic heterocycles. The minimum atomic E-state index is -0.0462. The van der Waals surface area contributed by atoms with Crippen LogP contribution in [0.2, 0.25) is 0 Å². The van der Waals surface area contributed by atoms with Crippen molar-refractivity contribution < 1.29 is 4.42 Å². The molecule has 2 rings (SSSR count). The SMILES string of the molecule is Cn1nncc1C(N)CCc1ccco1. The summed E-state index contributed by atoms with van der Waals surface area (Å²) in [6.07, 6.45) is 5.04. The predicted molar refractivity (Wildman–Crippen MR) is 55.0 cm³/mol. The van der Waals surface area contributed by atoms with Gasteiger partial charge >= 0.3 is 0 Å². The third-order valence-electron chi connectivity index (χ3n) is 2.41. The van der Waals surface area contributed by atoms with Crippen molar-refractivity contribution in [1.82, 2.24) is 15.0 Å². The Labute approximate surface area is 87.9 Å². The summed E-state index contributed by atoms with van der Waals surface area (Å²) in [6.45, 7) is 0. The van der Waals surface area contributed by atoms with Crippen LogP contribution in [0.25, 0.3) is 0 Å². The largest absolute Gasteiger partial charge is 0.469 e. The Hall–Kier alpha value is -1.62. The molecule has 80 valence electrons. The predicted octanol–water partition coefficient (Wildman–Crippen LogP) is 1.04. The molecule has 15 heavy (non-hydrogen) atoms. The van der Waals surface area contributed by atoms with Crippen molar-refractivity contribution in [3.05, 3.63) is 36.0 Å². The number of aromatic nitrogens is 3. The Kier molecular flexibility index (Phi) is 2.82. The fraction of sp³-hybridized carbons (Fsp3) is 0.400. The topological polar surface area (TPSA) is 69.9 Å². The van der Waals surface area contributed by atoms with E-state index in [1.165, 1.54) is 0 Å². The van der Waals surface area contributed by atoms with Crippen molar-refractivity contribution in [2.24, 2.45) is 12.8 Å². The molecule has 2 N–H and O–H groups in total. The number of rotatable bonds is 4. The molecular formula is C10H14N4O. The lowest BCUT2D eigenvalue weighted by atomic mass is 10.1. The zero-order valence-corrected chi connectivity index (χ0v) is 8.63. The van der Waals surface area contributed by atoms with Gasteiger partial charge in [0.15, 0.2) is 0 Å². The summed E-state index contributed by atoms with van der Waals surface area (Å²) in [5.74, 6) is 0.959. The van der Waals surface area contributed by atoms with Gasteiger partial charge in [-0.05, 0) is 18.6 Å². The highest BCUT2D eigenvalue weighted by atomic mass is 16.3. The van der Waals surface area contributed by atoms with E-state index < -0.39 is 0 Å². The van der Waals surface area contributed by atoms with E-state index in [-0.39, 0.29) is 6.04 Å². The lowest BCUT2D eigenvalue weighted by molar-refractivity contribution is 0.481. The molecule has 5 heteroatoms. The van der Waals surface area contributed by atoms with Gasteiger partial charge in [-0.1, -0.05) is 5.21 Å². The van der Waals surface area contributed by atoms with Crippen LogP contribution >= 0.6 is 0 Å². The van der Waals surface area contributed by atoms with Gasteiger partial charge in [-0.3, -0.25) is 4.68 Å². The van der Waals surface area contributed by atoms with Crippen LogP contribution in [-0.2, 0) is 13.5 Å². The molecule has 0 aliphatic rings. The molecule has 0 radical (unpaired) electrons. The second-order valence-electron chi connectivity index (χ2n) is 3.51. The van der Waals surface area contributed by atoms with Crippen LogP contribution in [0.3, 0.4) is 0 Å². The van der Waals surface area contributed by atoms with Crippen molar-refractivity contribution in [2.45, 2.75) is 18.9 Å². The highest BCUT2D eigenvalue weighted by Crippen LogP contribution is 2.15.